The molecule has 0 aliphatic carbocycles. The Morgan fingerprint density at radius 1 is 1.53 bits per heavy atom. The van der Waals surface area contributed by atoms with E-state index >= 15 is 0 Å². The molecule has 0 radical (unpaired) electrons. The molecule has 1 atom stereocenters. The summed E-state index contributed by atoms with van der Waals surface area (Å²) in [6.45, 7) is 0.679. The zero-order chi connectivity index (χ0) is 10.8. The van der Waals surface area contributed by atoms with Crippen LogP contribution in [-0.4, -0.2) is 37.1 Å². The molecule has 1 aromatic heterocycles. The van der Waals surface area contributed by atoms with Crippen molar-refractivity contribution in [1.29, 1.82) is 0 Å². The Hall–Kier alpha value is -1.43. The Morgan fingerprint density at radius 2 is 2.33 bits per heavy atom. The van der Waals surface area contributed by atoms with Gasteiger partial charge in [-0.25, -0.2) is 0 Å². The van der Waals surface area contributed by atoms with Crippen molar-refractivity contribution in [3.63, 3.8) is 0 Å². The number of hydrogen-bond acceptors (Lipinski definition) is 4. The summed E-state index contributed by atoms with van der Waals surface area (Å²) < 4.78 is 1.91. The molecule has 82 valence electrons. The van der Waals surface area contributed by atoms with Crippen LogP contribution in [0.4, 0.5) is 0 Å². The zero-order valence-electron chi connectivity index (χ0n) is 8.26. The van der Waals surface area contributed by atoms with E-state index in [1.807, 2.05) is 4.57 Å². The van der Waals surface area contributed by atoms with Crippen molar-refractivity contribution >= 4 is 5.97 Å². The van der Waals surface area contributed by atoms with Crippen molar-refractivity contribution in [2.45, 2.75) is 38.3 Å². The molecular weight excluding hydrogens is 198 g/mol. The van der Waals surface area contributed by atoms with E-state index in [0.717, 1.165) is 5.82 Å². The molecule has 1 unspecified atom stereocenters. The minimum absolute atomic E-state index is 0.0701. The molecular formula is C9H13N3O3. The molecule has 2 N–H and O–H groups in total. The van der Waals surface area contributed by atoms with E-state index in [1.165, 1.54) is 0 Å². The lowest BCUT2D eigenvalue weighted by atomic mass is 10.1. The van der Waals surface area contributed by atoms with E-state index in [9.17, 15) is 9.90 Å². The highest BCUT2D eigenvalue weighted by Gasteiger charge is 2.21. The number of hydrogen-bond donors (Lipinski definition) is 2. The van der Waals surface area contributed by atoms with Crippen molar-refractivity contribution < 1.29 is 15.0 Å². The van der Waals surface area contributed by atoms with Crippen molar-refractivity contribution in [3.05, 3.63) is 11.6 Å². The maximum atomic E-state index is 10.4. The van der Waals surface area contributed by atoms with Crippen molar-refractivity contribution in [2.24, 2.45) is 0 Å². The predicted octanol–water partition coefficient (Wildman–Crippen LogP) is -0.398. The lowest BCUT2D eigenvalue weighted by Gasteiger charge is -2.19. The second-order valence-corrected chi connectivity index (χ2v) is 3.72. The summed E-state index contributed by atoms with van der Waals surface area (Å²) in [6, 6.07) is 0. The third-order valence-electron chi connectivity index (χ3n) is 2.57. The van der Waals surface area contributed by atoms with Gasteiger partial charge in [-0.3, -0.25) is 4.79 Å². The van der Waals surface area contributed by atoms with Gasteiger partial charge in [0.15, 0.2) is 0 Å². The van der Waals surface area contributed by atoms with Crippen molar-refractivity contribution in [3.8, 4) is 0 Å². The first-order valence-corrected chi connectivity index (χ1v) is 4.97. The minimum atomic E-state index is -0.830. The summed E-state index contributed by atoms with van der Waals surface area (Å²) in [7, 11) is 0. The number of aliphatic hydroxyl groups excluding tert-OH is 1. The summed E-state index contributed by atoms with van der Waals surface area (Å²) in [5, 5.41) is 25.9. The van der Waals surface area contributed by atoms with Gasteiger partial charge >= 0.3 is 5.97 Å². The molecule has 6 heteroatoms. The highest BCUT2D eigenvalue weighted by molar-refractivity contribution is 5.66. The SMILES string of the molecule is O=C(O)CCc1nnc2n1CCC(O)C2. The lowest BCUT2D eigenvalue weighted by molar-refractivity contribution is -0.137. The molecule has 0 aromatic carbocycles. The van der Waals surface area contributed by atoms with Gasteiger partial charge in [0.05, 0.1) is 12.5 Å². The number of aryl methyl sites for hydroxylation is 1. The van der Waals surface area contributed by atoms with Crippen LogP contribution in [0, 0.1) is 0 Å². The summed E-state index contributed by atoms with van der Waals surface area (Å²) in [5.41, 5.74) is 0. The molecule has 1 aromatic rings. The maximum Gasteiger partial charge on any atom is 0.303 e. The van der Waals surface area contributed by atoms with Gasteiger partial charge in [0, 0.05) is 19.4 Å². The normalized spacial score (nSPS) is 19.9. The Bertz CT molecular complexity index is 375. The van der Waals surface area contributed by atoms with Gasteiger partial charge in [-0.2, -0.15) is 0 Å². The average molecular weight is 211 g/mol. The third kappa shape index (κ3) is 2.15. The number of aromatic nitrogens is 3. The zero-order valence-corrected chi connectivity index (χ0v) is 8.26. The Labute approximate surface area is 86.6 Å². The molecule has 2 rings (SSSR count). The fourth-order valence-corrected chi connectivity index (χ4v) is 1.78. The smallest absolute Gasteiger partial charge is 0.303 e. The van der Waals surface area contributed by atoms with Crippen LogP contribution in [0.25, 0.3) is 0 Å². The van der Waals surface area contributed by atoms with E-state index < -0.39 is 5.97 Å². The molecule has 0 bridgehead atoms. The maximum absolute atomic E-state index is 10.4. The molecule has 0 amide bonds. The Balaban J connectivity index is 2.10. The van der Waals surface area contributed by atoms with E-state index in [4.69, 9.17) is 5.11 Å². The first kappa shape index (κ1) is 10.1. The molecule has 2 heterocycles. The molecule has 0 saturated heterocycles. The number of carboxylic acids is 1. The number of carbonyl (C=O) groups is 1. The van der Waals surface area contributed by atoms with E-state index in [1.54, 1.807) is 0 Å². The van der Waals surface area contributed by atoms with Gasteiger partial charge in [-0.1, -0.05) is 0 Å². The second kappa shape index (κ2) is 3.98. The topological polar surface area (TPSA) is 88.2 Å². The predicted molar refractivity (Wildman–Crippen MR) is 50.3 cm³/mol. The van der Waals surface area contributed by atoms with Crippen LogP contribution < -0.4 is 0 Å². The van der Waals surface area contributed by atoms with Crippen LogP contribution in [0.1, 0.15) is 24.5 Å². The van der Waals surface area contributed by atoms with Gasteiger partial charge in [0.25, 0.3) is 0 Å². The van der Waals surface area contributed by atoms with Crippen LogP contribution in [0.5, 0.6) is 0 Å². The highest BCUT2D eigenvalue weighted by Crippen LogP contribution is 2.15. The molecule has 1 aliphatic heterocycles. The molecule has 0 fully saturated rings. The monoisotopic (exact) mass is 211 g/mol. The van der Waals surface area contributed by atoms with Gasteiger partial charge in [0.1, 0.15) is 11.6 Å². The van der Waals surface area contributed by atoms with Crippen LogP contribution in [0.3, 0.4) is 0 Å². The highest BCUT2D eigenvalue weighted by atomic mass is 16.4. The van der Waals surface area contributed by atoms with E-state index in [2.05, 4.69) is 10.2 Å². The first-order chi connectivity index (χ1) is 7.16. The van der Waals surface area contributed by atoms with E-state index in [0.29, 0.717) is 31.6 Å². The van der Waals surface area contributed by atoms with Crippen molar-refractivity contribution in [1.82, 2.24) is 14.8 Å². The van der Waals surface area contributed by atoms with Crippen molar-refractivity contribution in [2.75, 3.05) is 0 Å². The fourth-order valence-electron chi connectivity index (χ4n) is 1.78. The minimum Gasteiger partial charge on any atom is -0.481 e. The fraction of sp³-hybridized carbons (Fsp3) is 0.667. The number of nitrogens with zero attached hydrogens (tertiary/aromatic N) is 3. The molecule has 0 spiro atoms. The van der Waals surface area contributed by atoms with Gasteiger partial charge in [-0.05, 0) is 6.42 Å². The van der Waals surface area contributed by atoms with Crippen LogP contribution >= 0.6 is 0 Å². The lowest BCUT2D eigenvalue weighted by Crippen LogP contribution is -2.24. The van der Waals surface area contributed by atoms with Gasteiger partial charge in [-0.15, -0.1) is 10.2 Å². The molecule has 0 saturated carbocycles. The second-order valence-electron chi connectivity index (χ2n) is 3.72. The number of rotatable bonds is 3. The van der Waals surface area contributed by atoms with E-state index in [-0.39, 0.29) is 12.5 Å². The average Bonchev–Trinajstić information content (AvgIpc) is 2.57. The standard InChI is InChI=1S/C9H13N3O3/c13-6-3-4-12-7(1-2-9(14)15)10-11-8(12)5-6/h6,13H,1-5H2,(H,14,15). The first-order valence-electron chi connectivity index (χ1n) is 4.97. The molecule has 15 heavy (non-hydrogen) atoms. The molecule has 6 nitrogen and oxygen atoms in total. The Kier molecular flexibility index (Phi) is 2.68. The largest absolute Gasteiger partial charge is 0.481 e. The van der Waals surface area contributed by atoms with Crippen LogP contribution in [-0.2, 0) is 24.2 Å². The summed E-state index contributed by atoms with van der Waals surface area (Å²) in [6.07, 6.45) is 1.33. The number of aliphatic hydroxyl groups is 1. The Morgan fingerprint density at radius 3 is 3.07 bits per heavy atom. The number of fused-ring (bicyclic) bond motifs is 1. The van der Waals surface area contributed by atoms with Crippen LogP contribution in [0.15, 0.2) is 0 Å². The summed E-state index contributed by atoms with van der Waals surface area (Å²) >= 11 is 0. The number of aliphatic carboxylic acids is 1. The third-order valence-corrected chi connectivity index (χ3v) is 2.57. The van der Waals surface area contributed by atoms with Gasteiger partial charge < -0.3 is 14.8 Å². The van der Waals surface area contributed by atoms with Gasteiger partial charge in [0.2, 0.25) is 0 Å². The summed E-state index contributed by atoms with van der Waals surface area (Å²) in [4.78, 5) is 10.4. The molecule has 1 aliphatic rings. The summed E-state index contributed by atoms with van der Waals surface area (Å²) in [5.74, 6) is 0.636. The van der Waals surface area contributed by atoms with Crippen LogP contribution in [0.2, 0.25) is 0 Å². The number of carboxylic acid groups (broad SMARTS) is 1. The quantitative estimate of drug-likeness (QED) is 0.710.